The fourth-order valence-corrected chi connectivity index (χ4v) is 2.77. The molecule has 0 spiro atoms. The molecular weight excluding hydrogens is 215 g/mol. The van der Waals surface area contributed by atoms with Gasteiger partial charge in [0.25, 0.3) is 0 Å². The minimum atomic E-state index is -0.234. The van der Waals surface area contributed by atoms with Crippen molar-refractivity contribution in [2.24, 2.45) is 0 Å². The Morgan fingerprint density at radius 1 is 1.29 bits per heavy atom. The van der Waals surface area contributed by atoms with Crippen LogP contribution in [0.3, 0.4) is 0 Å². The van der Waals surface area contributed by atoms with E-state index in [9.17, 15) is 4.39 Å². The Hall–Kier alpha value is -1.09. The molecule has 0 aromatic heterocycles. The van der Waals surface area contributed by atoms with Gasteiger partial charge >= 0.3 is 0 Å². The van der Waals surface area contributed by atoms with Crippen molar-refractivity contribution in [3.05, 3.63) is 29.6 Å². The highest BCUT2D eigenvalue weighted by Crippen LogP contribution is 2.25. The van der Waals surface area contributed by atoms with Crippen LogP contribution < -0.4 is 5.73 Å². The summed E-state index contributed by atoms with van der Waals surface area (Å²) in [5.41, 5.74) is 7.17. The molecule has 1 saturated carbocycles. The number of nitrogens with zero attached hydrogens (tertiary/aromatic N) is 1. The molecule has 0 radical (unpaired) electrons. The van der Waals surface area contributed by atoms with Crippen LogP contribution in [0.2, 0.25) is 0 Å². The van der Waals surface area contributed by atoms with E-state index in [1.54, 1.807) is 6.07 Å². The van der Waals surface area contributed by atoms with Crippen LogP contribution in [0.5, 0.6) is 0 Å². The Labute approximate surface area is 103 Å². The zero-order chi connectivity index (χ0) is 12.3. The maximum Gasteiger partial charge on any atom is 0.125 e. The highest BCUT2D eigenvalue weighted by molar-refractivity contribution is 5.41. The topological polar surface area (TPSA) is 29.3 Å². The summed E-state index contributed by atoms with van der Waals surface area (Å²) in [6, 6.07) is 5.51. The quantitative estimate of drug-likeness (QED) is 0.814. The van der Waals surface area contributed by atoms with Crippen molar-refractivity contribution >= 4 is 5.69 Å². The maximum absolute atomic E-state index is 13.3. The summed E-state index contributed by atoms with van der Waals surface area (Å²) < 4.78 is 13.3. The highest BCUT2D eigenvalue weighted by Gasteiger charge is 2.21. The zero-order valence-electron chi connectivity index (χ0n) is 10.5. The standard InChI is InChI=1S/C14H21FN2/c1-2-17(14-5-3-4-6-14)10-11-7-12(15)9-13(16)8-11/h7-9,14H,2-6,10,16H2,1H3. The molecule has 2 N–H and O–H groups in total. The van der Waals surface area contributed by atoms with E-state index in [-0.39, 0.29) is 5.82 Å². The highest BCUT2D eigenvalue weighted by atomic mass is 19.1. The van der Waals surface area contributed by atoms with Crippen LogP contribution in [0, 0.1) is 5.82 Å². The van der Waals surface area contributed by atoms with Gasteiger partial charge in [-0.05, 0) is 43.1 Å². The Morgan fingerprint density at radius 3 is 2.59 bits per heavy atom. The van der Waals surface area contributed by atoms with Crippen LogP contribution in [-0.2, 0) is 6.54 Å². The van der Waals surface area contributed by atoms with Crippen molar-refractivity contribution in [1.82, 2.24) is 4.90 Å². The lowest BCUT2D eigenvalue weighted by molar-refractivity contribution is 0.200. The van der Waals surface area contributed by atoms with Gasteiger partial charge in [0.1, 0.15) is 5.82 Å². The van der Waals surface area contributed by atoms with Crippen LogP contribution in [0.1, 0.15) is 38.2 Å². The van der Waals surface area contributed by atoms with Crippen LogP contribution in [0.15, 0.2) is 18.2 Å². The van der Waals surface area contributed by atoms with Crippen molar-refractivity contribution in [3.8, 4) is 0 Å². The molecule has 0 heterocycles. The van der Waals surface area contributed by atoms with Crippen LogP contribution in [-0.4, -0.2) is 17.5 Å². The van der Waals surface area contributed by atoms with Crippen molar-refractivity contribution in [1.29, 1.82) is 0 Å². The molecule has 0 bridgehead atoms. The fourth-order valence-electron chi connectivity index (χ4n) is 2.77. The van der Waals surface area contributed by atoms with Crippen LogP contribution in [0.25, 0.3) is 0 Å². The van der Waals surface area contributed by atoms with Crippen LogP contribution in [0.4, 0.5) is 10.1 Å². The second-order valence-electron chi connectivity index (χ2n) is 4.89. The fraction of sp³-hybridized carbons (Fsp3) is 0.571. The second kappa shape index (κ2) is 5.50. The smallest absolute Gasteiger partial charge is 0.125 e. The van der Waals surface area contributed by atoms with Gasteiger partial charge in [-0.2, -0.15) is 0 Å². The summed E-state index contributed by atoms with van der Waals surface area (Å²) in [5, 5.41) is 0. The molecule has 1 aromatic rings. The third kappa shape index (κ3) is 3.19. The van der Waals surface area contributed by atoms with Gasteiger partial charge in [-0.1, -0.05) is 19.8 Å². The van der Waals surface area contributed by atoms with Crippen LogP contribution >= 0.6 is 0 Å². The summed E-state index contributed by atoms with van der Waals surface area (Å²) in [6.45, 7) is 3.99. The minimum absolute atomic E-state index is 0.234. The van der Waals surface area contributed by atoms with Crippen molar-refractivity contribution < 1.29 is 4.39 Å². The normalized spacial score (nSPS) is 16.9. The number of benzene rings is 1. The predicted octanol–water partition coefficient (Wildman–Crippen LogP) is 3.17. The molecule has 1 fully saturated rings. The first kappa shape index (κ1) is 12.4. The molecule has 0 amide bonds. The number of hydrogen-bond donors (Lipinski definition) is 1. The van der Waals surface area contributed by atoms with E-state index >= 15 is 0 Å². The summed E-state index contributed by atoms with van der Waals surface area (Å²) in [4.78, 5) is 2.43. The van der Waals surface area contributed by atoms with E-state index in [1.165, 1.54) is 31.7 Å². The molecule has 1 aromatic carbocycles. The molecule has 17 heavy (non-hydrogen) atoms. The Morgan fingerprint density at radius 2 is 2.00 bits per heavy atom. The van der Waals surface area contributed by atoms with E-state index < -0.39 is 0 Å². The Bertz CT molecular complexity index is 352. The van der Waals surface area contributed by atoms with Gasteiger partial charge in [-0.25, -0.2) is 4.39 Å². The molecule has 2 rings (SSSR count). The number of nitrogen functional groups attached to an aromatic ring is 1. The zero-order valence-corrected chi connectivity index (χ0v) is 10.5. The lowest BCUT2D eigenvalue weighted by Gasteiger charge is -2.27. The van der Waals surface area contributed by atoms with Crippen molar-refractivity contribution in [3.63, 3.8) is 0 Å². The molecule has 0 aliphatic heterocycles. The van der Waals surface area contributed by atoms with Crippen molar-refractivity contribution in [2.75, 3.05) is 12.3 Å². The molecule has 0 unspecified atom stereocenters. The molecule has 0 saturated heterocycles. The molecule has 2 nitrogen and oxygen atoms in total. The summed E-state index contributed by atoms with van der Waals surface area (Å²) in [5.74, 6) is -0.234. The molecule has 0 atom stereocenters. The minimum Gasteiger partial charge on any atom is -0.399 e. The average Bonchev–Trinajstić information content (AvgIpc) is 2.77. The van der Waals surface area contributed by atoms with Gasteiger partial charge in [0.05, 0.1) is 0 Å². The largest absolute Gasteiger partial charge is 0.399 e. The Balaban J connectivity index is 2.06. The number of nitrogens with two attached hydrogens (primary N) is 1. The maximum atomic E-state index is 13.3. The summed E-state index contributed by atoms with van der Waals surface area (Å²) in [7, 11) is 0. The third-order valence-electron chi connectivity index (χ3n) is 3.61. The number of hydrogen-bond acceptors (Lipinski definition) is 2. The third-order valence-corrected chi connectivity index (χ3v) is 3.61. The summed E-state index contributed by atoms with van der Waals surface area (Å²) >= 11 is 0. The second-order valence-corrected chi connectivity index (χ2v) is 4.89. The number of halogens is 1. The van der Waals surface area contributed by atoms with Gasteiger partial charge < -0.3 is 5.73 Å². The monoisotopic (exact) mass is 236 g/mol. The lowest BCUT2D eigenvalue weighted by Crippen LogP contribution is -2.32. The lowest BCUT2D eigenvalue weighted by atomic mass is 10.1. The average molecular weight is 236 g/mol. The van der Waals surface area contributed by atoms with Crippen molar-refractivity contribution in [2.45, 2.75) is 45.2 Å². The first-order chi connectivity index (χ1) is 8.19. The molecular formula is C14H21FN2. The van der Waals surface area contributed by atoms with E-state index in [1.807, 2.05) is 6.07 Å². The van der Waals surface area contributed by atoms with E-state index in [0.29, 0.717) is 11.7 Å². The molecule has 1 aliphatic carbocycles. The van der Waals surface area contributed by atoms with Gasteiger partial charge in [-0.3, -0.25) is 4.90 Å². The molecule has 3 heteroatoms. The number of rotatable bonds is 4. The predicted molar refractivity (Wildman–Crippen MR) is 69.2 cm³/mol. The number of anilines is 1. The SMILES string of the molecule is CCN(Cc1cc(N)cc(F)c1)C1CCCC1. The van der Waals surface area contributed by atoms with Gasteiger partial charge in [0, 0.05) is 18.3 Å². The molecule has 1 aliphatic rings. The van der Waals surface area contributed by atoms with Gasteiger partial charge in [0.2, 0.25) is 0 Å². The first-order valence-corrected chi connectivity index (χ1v) is 6.48. The Kier molecular flexibility index (Phi) is 4.00. The van der Waals surface area contributed by atoms with E-state index in [0.717, 1.165) is 18.7 Å². The molecule has 94 valence electrons. The van der Waals surface area contributed by atoms with Gasteiger partial charge in [-0.15, -0.1) is 0 Å². The first-order valence-electron chi connectivity index (χ1n) is 6.48. The van der Waals surface area contributed by atoms with Gasteiger partial charge in [0.15, 0.2) is 0 Å². The van der Waals surface area contributed by atoms with E-state index in [2.05, 4.69) is 11.8 Å². The summed E-state index contributed by atoms with van der Waals surface area (Å²) in [6.07, 6.45) is 5.20. The van der Waals surface area contributed by atoms with E-state index in [4.69, 9.17) is 5.73 Å².